The van der Waals surface area contributed by atoms with Crippen LogP contribution in [0.25, 0.3) is 0 Å². The van der Waals surface area contributed by atoms with E-state index in [-0.39, 0.29) is 18.4 Å². The maximum atomic E-state index is 12.0. The van der Waals surface area contributed by atoms with E-state index in [2.05, 4.69) is 0 Å². The van der Waals surface area contributed by atoms with Crippen LogP contribution in [0, 0.1) is 0 Å². The van der Waals surface area contributed by atoms with Crippen molar-refractivity contribution in [2.75, 3.05) is 25.4 Å². The summed E-state index contributed by atoms with van der Waals surface area (Å²) in [5, 5.41) is 8.89. The Morgan fingerprint density at radius 1 is 1.39 bits per heavy atom. The highest BCUT2D eigenvalue weighted by molar-refractivity contribution is 5.77. The lowest BCUT2D eigenvalue weighted by molar-refractivity contribution is -0.131. The van der Waals surface area contributed by atoms with Crippen LogP contribution >= 0.6 is 0 Å². The van der Waals surface area contributed by atoms with Crippen molar-refractivity contribution in [2.45, 2.75) is 26.2 Å². The average Bonchev–Trinajstić information content (AvgIpc) is 2.36. The predicted molar refractivity (Wildman–Crippen MR) is 73.2 cm³/mol. The van der Waals surface area contributed by atoms with E-state index in [1.54, 1.807) is 4.90 Å². The molecule has 0 bridgehead atoms. The van der Waals surface area contributed by atoms with E-state index in [0.717, 1.165) is 11.3 Å². The summed E-state index contributed by atoms with van der Waals surface area (Å²) in [5.74, 6) is 0.238. The maximum Gasteiger partial charge on any atom is 0.223 e. The lowest BCUT2D eigenvalue weighted by atomic mass is 9.97. The van der Waals surface area contributed by atoms with Crippen molar-refractivity contribution in [3.63, 3.8) is 0 Å². The molecular formula is C14H22N2O2. The normalized spacial score (nSPS) is 12.2. The van der Waals surface area contributed by atoms with Gasteiger partial charge in [-0.25, -0.2) is 0 Å². The van der Waals surface area contributed by atoms with E-state index in [9.17, 15) is 4.79 Å². The number of hydrogen-bond acceptors (Lipinski definition) is 3. The van der Waals surface area contributed by atoms with Gasteiger partial charge in [0.15, 0.2) is 0 Å². The zero-order chi connectivity index (χ0) is 13.5. The molecule has 1 amide bonds. The highest BCUT2D eigenvalue weighted by Crippen LogP contribution is 2.21. The number of likely N-dealkylation sites (N-methyl/N-ethyl adjacent to an activating group) is 1. The number of carbonyl (C=O) groups excluding carboxylic acids is 1. The third-order valence-electron chi connectivity index (χ3n) is 3.09. The first kappa shape index (κ1) is 14.5. The number of aliphatic hydroxyl groups is 1. The highest BCUT2D eigenvalue weighted by atomic mass is 16.3. The molecule has 4 nitrogen and oxygen atoms in total. The van der Waals surface area contributed by atoms with Gasteiger partial charge in [-0.3, -0.25) is 4.79 Å². The molecule has 1 unspecified atom stereocenters. The van der Waals surface area contributed by atoms with Crippen molar-refractivity contribution in [2.24, 2.45) is 0 Å². The number of nitrogens with two attached hydrogens (primary N) is 1. The number of aliphatic hydroxyl groups excluding tert-OH is 1. The Hall–Kier alpha value is -1.55. The van der Waals surface area contributed by atoms with Crippen molar-refractivity contribution in [3.05, 3.63) is 29.8 Å². The van der Waals surface area contributed by atoms with E-state index in [1.165, 1.54) is 0 Å². The summed E-state index contributed by atoms with van der Waals surface area (Å²) in [6.45, 7) is 4.99. The van der Waals surface area contributed by atoms with Crippen LogP contribution in [-0.4, -0.2) is 35.6 Å². The summed E-state index contributed by atoms with van der Waals surface area (Å²) < 4.78 is 0. The van der Waals surface area contributed by atoms with Crippen LogP contribution in [0.2, 0.25) is 0 Å². The van der Waals surface area contributed by atoms with Crippen LogP contribution in [-0.2, 0) is 4.79 Å². The Kier molecular flexibility index (Phi) is 5.65. The van der Waals surface area contributed by atoms with Gasteiger partial charge >= 0.3 is 0 Å². The molecule has 3 N–H and O–H groups in total. The molecular weight excluding hydrogens is 228 g/mol. The molecule has 0 heterocycles. The van der Waals surface area contributed by atoms with Crippen molar-refractivity contribution in [1.29, 1.82) is 0 Å². The third kappa shape index (κ3) is 4.04. The molecule has 1 aromatic rings. The van der Waals surface area contributed by atoms with Gasteiger partial charge in [0.25, 0.3) is 0 Å². The zero-order valence-electron chi connectivity index (χ0n) is 11.1. The van der Waals surface area contributed by atoms with Crippen LogP contribution in [0.15, 0.2) is 24.3 Å². The highest BCUT2D eigenvalue weighted by Gasteiger charge is 2.16. The molecule has 0 aliphatic rings. The van der Waals surface area contributed by atoms with Crippen molar-refractivity contribution in [3.8, 4) is 0 Å². The number of nitrogen functional groups attached to an aromatic ring is 1. The van der Waals surface area contributed by atoms with Gasteiger partial charge in [0.05, 0.1) is 6.61 Å². The molecule has 1 aromatic carbocycles. The Morgan fingerprint density at radius 2 is 2.00 bits per heavy atom. The van der Waals surface area contributed by atoms with Gasteiger partial charge < -0.3 is 15.7 Å². The molecule has 0 aliphatic carbocycles. The topological polar surface area (TPSA) is 66.6 Å². The summed E-state index contributed by atoms with van der Waals surface area (Å²) >= 11 is 0. The molecule has 1 rings (SSSR count). The fraction of sp³-hybridized carbons (Fsp3) is 0.500. The number of carbonyl (C=O) groups is 1. The van der Waals surface area contributed by atoms with Crippen LogP contribution < -0.4 is 5.73 Å². The molecule has 0 aromatic heterocycles. The summed E-state index contributed by atoms with van der Waals surface area (Å²) in [6.07, 6.45) is 0.456. The van der Waals surface area contributed by atoms with Crippen molar-refractivity contribution < 1.29 is 9.90 Å². The van der Waals surface area contributed by atoms with E-state index in [4.69, 9.17) is 10.8 Å². The van der Waals surface area contributed by atoms with Crippen LogP contribution in [0.4, 0.5) is 5.69 Å². The van der Waals surface area contributed by atoms with E-state index in [0.29, 0.717) is 19.5 Å². The quantitative estimate of drug-likeness (QED) is 0.754. The summed E-state index contributed by atoms with van der Waals surface area (Å²) in [7, 11) is 0. The minimum atomic E-state index is 0.00975. The molecule has 18 heavy (non-hydrogen) atoms. The Labute approximate surface area is 108 Å². The predicted octanol–water partition coefficient (Wildman–Crippen LogP) is 1.60. The Bertz CT molecular complexity index is 376. The molecule has 0 spiro atoms. The lowest BCUT2D eigenvalue weighted by Gasteiger charge is -2.22. The number of rotatable bonds is 6. The molecule has 0 aliphatic heterocycles. The minimum Gasteiger partial charge on any atom is -0.399 e. The second-order valence-electron chi connectivity index (χ2n) is 4.47. The van der Waals surface area contributed by atoms with Gasteiger partial charge in [0.1, 0.15) is 0 Å². The fourth-order valence-corrected chi connectivity index (χ4v) is 1.91. The molecule has 1 atom stereocenters. The fourth-order valence-electron chi connectivity index (χ4n) is 1.91. The first-order valence-corrected chi connectivity index (χ1v) is 6.32. The number of amides is 1. The molecule has 0 fully saturated rings. The minimum absolute atomic E-state index is 0.00975. The van der Waals surface area contributed by atoms with Gasteiger partial charge in [-0.1, -0.05) is 19.1 Å². The van der Waals surface area contributed by atoms with E-state index in [1.807, 2.05) is 38.1 Å². The molecule has 4 heteroatoms. The van der Waals surface area contributed by atoms with Crippen LogP contribution in [0.5, 0.6) is 0 Å². The largest absolute Gasteiger partial charge is 0.399 e. The van der Waals surface area contributed by atoms with Gasteiger partial charge in [-0.2, -0.15) is 0 Å². The third-order valence-corrected chi connectivity index (χ3v) is 3.09. The summed E-state index contributed by atoms with van der Waals surface area (Å²) in [4.78, 5) is 13.7. The molecule has 0 saturated heterocycles. The van der Waals surface area contributed by atoms with Crippen molar-refractivity contribution in [1.82, 2.24) is 4.90 Å². The van der Waals surface area contributed by atoms with Gasteiger partial charge in [-0.05, 0) is 30.5 Å². The second-order valence-corrected chi connectivity index (χ2v) is 4.47. The SMILES string of the molecule is CCN(CCO)C(=O)CC(C)c1ccc(N)cc1. The number of anilines is 1. The van der Waals surface area contributed by atoms with E-state index >= 15 is 0 Å². The number of benzene rings is 1. The van der Waals surface area contributed by atoms with E-state index < -0.39 is 0 Å². The van der Waals surface area contributed by atoms with Gasteiger partial charge in [-0.15, -0.1) is 0 Å². The lowest BCUT2D eigenvalue weighted by Crippen LogP contribution is -2.33. The number of hydrogen-bond donors (Lipinski definition) is 2. The standard InChI is InChI=1S/C14H22N2O2/c1-3-16(8-9-17)14(18)10-11(2)12-4-6-13(15)7-5-12/h4-7,11,17H,3,8-10,15H2,1-2H3. The molecule has 0 saturated carbocycles. The summed E-state index contributed by atoms with van der Waals surface area (Å²) in [5.41, 5.74) is 7.47. The zero-order valence-corrected chi connectivity index (χ0v) is 11.1. The summed E-state index contributed by atoms with van der Waals surface area (Å²) in [6, 6.07) is 7.61. The van der Waals surface area contributed by atoms with Crippen LogP contribution in [0.1, 0.15) is 31.7 Å². The second kappa shape index (κ2) is 7.01. The Morgan fingerprint density at radius 3 is 2.50 bits per heavy atom. The number of nitrogens with zero attached hydrogens (tertiary/aromatic N) is 1. The average molecular weight is 250 g/mol. The molecule has 0 radical (unpaired) electrons. The maximum absolute atomic E-state index is 12.0. The van der Waals surface area contributed by atoms with Gasteiger partial charge in [0.2, 0.25) is 5.91 Å². The van der Waals surface area contributed by atoms with Crippen LogP contribution in [0.3, 0.4) is 0 Å². The van der Waals surface area contributed by atoms with Crippen molar-refractivity contribution >= 4 is 11.6 Å². The monoisotopic (exact) mass is 250 g/mol. The first-order chi connectivity index (χ1) is 8.58. The molecule has 100 valence electrons. The Balaban J connectivity index is 2.60. The van der Waals surface area contributed by atoms with Gasteiger partial charge in [0, 0.05) is 25.2 Å². The smallest absolute Gasteiger partial charge is 0.223 e. The first-order valence-electron chi connectivity index (χ1n) is 6.32.